The lowest BCUT2D eigenvalue weighted by molar-refractivity contribution is 0.207. The molecule has 2 heterocycles. The van der Waals surface area contributed by atoms with Gasteiger partial charge in [0.2, 0.25) is 0 Å². The van der Waals surface area contributed by atoms with Gasteiger partial charge in [0.15, 0.2) is 0 Å². The Morgan fingerprint density at radius 3 is 2.82 bits per heavy atom. The lowest BCUT2D eigenvalue weighted by Crippen LogP contribution is -2.41. The number of hydrogen-bond donors (Lipinski definition) is 1. The molecule has 0 amide bonds. The molecule has 0 spiro atoms. The Balaban J connectivity index is 1.87. The average Bonchev–Trinajstić information content (AvgIpc) is 2.62. The van der Waals surface area contributed by atoms with Crippen LogP contribution in [0.1, 0.15) is 31.2 Å². The highest BCUT2D eigenvalue weighted by molar-refractivity contribution is 5.10. The van der Waals surface area contributed by atoms with Gasteiger partial charge in [0.05, 0.1) is 0 Å². The topological polar surface area (TPSA) is 42.1 Å². The summed E-state index contributed by atoms with van der Waals surface area (Å²) in [4.78, 5) is 6.63. The van der Waals surface area contributed by atoms with Crippen molar-refractivity contribution in [2.24, 2.45) is 5.73 Å². The third kappa shape index (κ3) is 3.79. The minimum absolute atomic E-state index is 0.597. The van der Waals surface area contributed by atoms with Gasteiger partial charge in [-0.2, -0.15) is 0 Å². The fourth-order valence-electron chi connectivity index (χ4n) is 2.62. The summed E-state index contributed by atoms with van der Waals surface area (Å²) in [5, 5.41) is 0. The smallest absolute Gasteiger partial charge is 0.0270 e. The van der Waals surface area contributed by atoms with Crippen molar-refractivity contribution < 1.29 is 0 Å². The second kappa shape index (κ2) is 6.72. The quantitative estimate of drug-likeness (QED) is 0.862. The molecule has 1 fully saturated rings. The molecule has 1 aromatic rings. The highest BCUT2D eigenvalue weighted by Gasteiger charge is 2.18. The molecule has 2 N–H and O–H groups in total. The number of aromatic nitrogens is 1. The molecule has 0 aliphatic carbocycles. The molecular formula is C14H23N3. The minimum Gasteiger partial charge on any atom is -0.329 e. The van der Waals surface area contributed by atoms with Gasteiger partial charge in [-0.3, -0.25) is 9.88 Å². The highest BCUT2D eigenvalue weighted by Crippen LogP contribution is 2.16. The molecule has 0 bridgehead atoms. The Kier molecular flexibility index (Phi) is 4.95. The van der Waals surface area contributed by atoms with Crippen molar-refractivity contribution in [2.75, 3.05) is 19.6 Å². The molecular weight excluding hydrogens is 210 g/mol. The van der Waals surface area contributed by atoms with Crippen molar-refractivity contribution in [2.45, 2.75) is 38.1 Å². The van der Waals surface area contributed by atoms with E-state index < -0.39 is 0 Å². The normalized spacial score (nSPS) is 22.3. The van der Waals surface area contributed by atoms with Crippen LogP contribution in [0.15, 0.2) is 24.5 Å². The van der Waals surface area contributed by atoms with Crippen molar-refractivity contribution >= 4 is 0 Å². The summed E-state index contributed by atoms with van der Waals surface area (Å²) in [6.07, 6.45) is 10.2. The predicted octanol–water partition coefficient (Wildman–Crippen LogP) is 1.83. The Labute approximate surface area is 104 Å². The average molecular weight is 233 g/mol. The number of pyridine rings is 1. The predicted molar refractivity (Wildman–Crippen MR) is 70.8 cm³/mol. The molecule has 0 radical (unpaired) electrons. The van der Waals surface area contributed by atoms with Crippen molar-refractivity contribution in [1.29, 1.82) is 0 Å². The van der Waals surface area contributed by atoms with E-state index in [9.17, 15) is 0 Å². The van der Waals surface area contributed by atoms with Crippen LogP contribution in [-0.4, -0.2) is 35.6 Å². The number of likely N-dealkylation sites (tertiary alicyclic amines) is 1. The van der Waals surface area contributed by atoms with Gasteiger partial charge in [0.25, 0.3) is 0 Å². The van der Waals surface area contributed by atoms with Gasteiger partial charge < -0.3 is 5.73 Å². The van der Waals surface area contributed by atoms with Crippen molar-refractivity contribution in [1.82, 2.24) is 9.88 Å². The maximum Gasteiger partial charge on any atom is 0.0270 e. The third-order valence-electron chi connectivity index (χ3n) is 3.71. The second-order valence-corrected chi connectivity index (χ2v) is 4.88. The van der Waals surface area contributed by atoms with Crippen LogP contribution < -0.4 is 5.73 Å². The van der Waals surface area contributed by atoms with Crippen LogP contribution in [0, 0.1) is 0 Å². The zero-order valence-corrected chi connectivity index (χ0v) is 10.5. The molecule has 3 heteroatoms. The molecule has 0 aromatic carbocycles. The summed E-state index contributed by atoms with van der Waals surface area (Å²) in [5.74, 6) is 0. The van der Waals surface area contributed by atoms with Crippen LogP contribution >= 0.6 is 0 Å². The zero-order valence-electron chi connectivity index (χ0n) is 10.5. The molecule has 1 saturated heterocycles. The first-order valence-corrected chi connectivity index (χ1v) is 6.73. The van der Waals surface area contributed by atoms with Crippen LogP contribution in [0.4, 0.5) is 0 Å². The first-order valence-electron chi connectivity index (χ1n) is 6.73. The van der Waals surface area contributed by atoms with Crippen molar-refractivity contribution in [3.05, 3.63) is 30.1 Å². The Bertz CT molecular complexity index is 313. The number of rotatable bonds is 4. The summed E-state index contributed by atoms with van der Waals surface area (Å²) in [6, 6.07) is 4.81. The van der Waals surface area contributed by atoms with Crippen LogP contribution in [0.25, 0.3) is 0 Å². The molecule has 1 aliphatic rings. The van der Waals surface area contributed by atoms with Crippen LogP contribution in [0.2, 0.25) is 0 Å². The van der Waals surface area contributed by atoms with E-state index in [0.29, 0.717) is 6.04 Å². The van der Waals surface area contributed by atoms with Crippen LogP contribution in [0.5, 0.6) is 0 Å². The van der Waals surface area contributed by atoms with Gasteiger partial charge in [0.1, 0.15) is 0 Å². The summed E-state index contributed by atoms with van der Waals surface area (Å²) < 4.78 is 0. The first-order chi connectivity index (χ1) is 8.40. The maximum absolute atomic E-state index is 5.88. The Morgan fingerprint density at radius 2 is 2.06 bits per heavy atom. The van der Waals surface area contributed by atoms with Gasteiger partial charge in [-0.05, 0) is 43.5 Å². The fraction of sp³-hybridized carbons (Fsp3) is 0.643. The number of hydrogen-bond acceptors (Lipinski definition) is 3. The van der Waals surface area contributed by atoms with E-state index in [0.717, 1.165) is 19.5 Å². The van der Waals surface area contributed by atoms with E-state index in [1.807, 2.05) is 12.4 Å². The van der Waals surface area contributed by atoms with Gasteiger partial charge in [-0.25, -0.2) is 0 Å². The highest BCUT2D eigenvalue weighted by atomic mass is 15.2. The first kappa shape index (κ1) is 12.5. The zero-order chi connectivity index (χ0) is 11.9. The number of nitrogens with two attached hydrogens (primary N) is 1. The Morgan fingerprint density at radius 1 is 1.24 bits per heavy atom. The minimum atomic E-state index is 0.597. The molecule has 3 nitrogen and oxygen atoms in total. The maximum atomic E-state index is 5.88. The molecule has 1 unspecified atom stereocenters. The molecule has 1 aliphatic heterocycles. The van der Waals surface area contributed by atoms with E-state index in [-0.39, 0.29) is 0 Å². The van der Waals surface area contributed by atoms with Crippen molar-refractivity contribution in [3.8, 4) is 0 Å². The van der Waals surface area contributed by atoms with E-state index in [4.69, 9.17) is 5.73 Å². The summed E-state index contributed by atoms with van der Waals surface area (Å²) in [7, 11) is 0. The lowest BCUT2D eigenvalue weighted by atomic mass is 10.1. The summed E-state index contributed by atoms with van der Waals surface area (Å²) in [6.45, 7) is 3.15. The number of nitrogens with zero attached hydrogens (tertiary/aromatic N) is 2. The summed E-state index contributed by atoms with van der Waals surface area (Å²) in [5.41, 5.74) is 7.26. The molecule has 2 rings (SSSR count). The van der Waals surface area contributed by atoms with Gasteiger partial charge >= 0.3 is 0 Å². The van der Waals surface area contributed by atoms with Gasteiger partial charge in [-0.15, -0.1) is 0 Å². The monoisotopic (exact) mass is 233 g/mol. The van der Waals surface area contributed by atoms with E-state index >= 15 is 0 Å². The molecule has 1 atom stereocenters. The van der Waals surface area contributed by atoms with E-state index in [1.165, 1.54) is 37.8 Å². The molecule has 1 aromatic heterocycles. The second-order valence-electron chi connectivity index (χ2n) is 4.88. The Hall–Kier alpha value is -0.930. The lowest BCUT2D eigenvalue weighted by Gasteiger charge is -2.28. The molecule has 94 valence electrons. The van der Waals surface area contributed by atoms with Crippen molar-refractivity contribution in [3.63, 3.8) is 0 Å². The fourth-order valence-corrected chi connectivity index (χ4v) is 2.62. The van der Waals surface area contributed by atoms with Gasteiger partial charge in [0, 0.05) is 31.5 Å². The van der Waals surface area contributed by atoms with Crippen LogP contribution in [-0.2, 0) is 6.42 Å². The SMILES string of the molecule is NCC1CCCCCN1CCc1ccncc1. The standard InChI is InChI=1S/C14H23N3/c15-12-14-4-2-1-3-10-17(14)11-7-13-5-8-16-9-6-13/h5-6,8-9,14H,1-4,7,10-12,15H2. The molecule has 17 heavy (non-hydrogen) atoms. The third-order valence-corrected chi connectivity index (χ3v) is 3.71. The molecule has 0 saturated carbocycles. The van der Waals surface area contributed by atoms with Gasteiger partial charge in [-0.1, -0.05) is 12.8 Å². The van der Waals surface area contributed by atoms with E-state index in [1.54, 1.807) is 0 Å². The van der Waals surface area contributed by atoms with E-state index in [2.05, 4.69) is 22.0 Å². The largest absolute Gasteiger partial charge is 0.329 e. The van der Waals surface area contributed by atoms with Crippen LogP contribution in [0.3, 0.4) is 0 Å². The summed E-state index contributed by atoms with van der Waals surface area (Å²) >= 11 is 0.